The third kappa shape index (κ3) is 4.75. The lowest BCUT2D eigenvalue weighted by Crippen LogP contribution is -2.37. The molecule has 11 heteroatoms. The van der Waals surface area contributed by atoms with Crippen LogP contribution < -0.4 is 9.62 Å². The minimum atomic E-state index is -4.58. The Morgan fingerprint density at radius 1 is 1.04 bits per heavy atom. The molecule has 0 aliphatic heterocycles. The molecular formula is C17H17ClF3N3O3S. The van der Waals surface area contributed by atoms with Crippen molar-refractivity contribution in [3.63, 3.8) is 0 Å². The fraction of sp³-hybridized carbons (Fsp3) is 0.235. The lowest BCUT2D eigenvalue weighted by molar-refractivity contribution is -0.137. The van der Waals surface area contributed by atoms with Crippen molar-refractivity contribution >= 4 is 39.1 Å². The molecule has 0 aliphatic rings. The van der Waals surface area contributed by atoms with E-state index in [-0.39, 0.29) is 16.3 Å². The number of carbonyl (C=O) groups excluding carboxylic acids is 1. The first kappa shape index (κ1) is 22.0. The Morgan fingerprint density at radius 3 is 2.11 bits per heavy atom. The van der Waals surface area contributed by atoms with Gasteiger partial charge in [0.2, 0.25) is 0 Å². The average Bonchev–Trinajstić information content (AvgIpc) is 2.61. The standard InChI is InChI=1S/C17H17ClF3N3O3S/c1-23(2)28(26,27)24(3)13-7-4-11(5-8-13)16(25)22-15-10-12(17(19,20)21)6-9-14(15)18/h4-10H,1-3H3,(H,22,25). The van der Waals surface area contributed by atoms with Gasteiger partial charge in [0.15, 0.2) is 0 Å². The van der Waals surface area contributed by atoms with Gasteiger partial charge in [-0.3, -0.25) is 9.10 Å². The molecule has 0 aliphatic carbocycles. The van der Waals surface area contributed by atoms with E-state index >= 15 is 0 Å². The summed E-state index contributed by atoms with van der Waals surface area (Å²) in [5.41, 5.74) is -0.703. The minimum absolute atomic E-state index is 0.0465. The lowest BCUT2D eigenvalue weighted by Gasteiger charge is -2.23. The van der Waals surface area contributed by atoms with E-state index < -0.39 is 27.9 Å². The van der Waals surface area contributed by atoms with Gasteiger partial charge in [0, 0.05) is 26.7 Å². The van der Waals surface area contributed by atoms with Crippen molar-refractivity contribution in [2.24, 2.45) is 0 Å². The van der Waals surface area contributed by atoms with Crippen LogP contribution in [0.4, 0.5) is 24.5 Å². The van der Waals surface area contributed by atoms with Gasteiger partial charge in [-0.2, -0.15) is 25.9 Å². The van der Waals surface area contributed by atoms with Gasteiger partial charge < -0.3 is 5.32 Å². The molecule has 0 saturated carbocycles. The van der Waals surface area contributed by atoms with E-state index in [1.165, 1.54) is 45.4 Å². The Balaban J connectivity index is 2.23. The Kier molecular flexibility index (Phi) is 6.27. The van der Waals surface area contributed by atoms with E-state index in [2.05, 4.69) is 5.32 Å². The Bertz CT molecular complexity index is 977. The molecule has 152 valence electrons. The monoisotopic (exact) mass is 435 g/mol. The third-order valence-electron chi connectivity index (χ3n) is 3.84. The molecule has 2 aromatic carbocycles. The summed E-state index contributed by atoms with van der Waals surface area (Å²) in [6.07, 6.45) is -4.58. The molecule has 0 spiro atoms. The number of halogens is 4. The number of amides is 1. The highest BCUT2D eigenvalue weighted by Crippen LogP contribution is 2.34. The number of alkyl halides is 3. The van der Waals surface area contributed by atoms with Gasteiger partial charge in [-0.1, -0.05) is 11.6 Å². The van der Waals surface area contributed by atoms with Crippen molar-refractivity contribution < 1.29 is 26.4 Å². The first-order chi connectivity index (χ1) is 12.8. The third-order valence-corrected chi connectivity index (χ3v) is 6.00. The second-order valence-corrected chi connectivity index (χ2v) is 8.53. The van der Waals surface area contributed by atoms with Crippen LogP contribution in [-0.4, -0.2) is 39.8 Å². The number of carbonyl (C=O) groups is 1. The summed E-state index contributed by atoms with van der Waals surface area (Å²) in [6, 6.07) is 8.12. The number of hydrogen-bond donors (Lipinski definition) is 1. The number of rotatable bonds is 5. The van der Waals surface area contributed by atoms with E-state index in [9.17, 15) is 26.4 Å². The molecular weight excluding hydrogens is 419 g/mol. The average molecular weight is 436 g/mol. The van der Waals surface area contributed by atoms with Gasteiger partial charge >= 0.3 is 16.4 Å². The predicted molar refractivity (Wildman–Crippen MR) is 102 cm³/mol. The second kappa shape index (κ2) is 7.98. The van der Waals surface area contributed by atoms with E-state index in [4.69, 9.17) is 11.6 Å². The molecule has 1 amide bonds. The first-order valence-corrected chi connectivity index (χ1v) is 9.56. The molecule has 0 atom stereocenters. The smallest absolute Gasteiger partial charge is 0.321 e. The minimum Gasteiger partial charge on any atom is -0.321 e. The Morgan fingerprint density at radius 2 is 1.61 bits per heavy atom. The van der Waals surface area contributed by atoms with Crippen LogP contribution in [0.3, 0.4) is 0 Å². The van der Waals surface area contributed by atoms with E-state index in [0.717, 1.165) is 26.8 Å². The van der Waals surface area contributed by atoms with Crippen LogP contribution in [0.25, 0.3) is 0 Å². The SMILES string of the molecule is CN(C)S(=O)(=O)N(C)c1ccc(C(=O)Nc2cc(C(F)(F)F)ccc2Cl)cc1. The van der Waals surface area contributed by atoms with Gasteiger partial charge in [0.25, 0.3) is 5.91 Å². The van der Waals surface area contributed by atoms with Gasteiger partial charge in [-0.25, -0.2) is 0 Å². The number of benzene rings is 2. The van der Waals surface area contributed by atoms with Crippen LogP contribution in [0.1, 0.15) is 15.9 Å². The summed E-state index contributed by atoms with van der Waals surface area (Å²) in [5.74, 6) is -0.689. The van der Waals surface area contributed by atoms with Crippen molar-refractivity contribution in [2.75, 3.05) is 30.8 Å². The van der Waals surface area contributed by atoms with Gasteiger partial charge in [0.05, 0.1) is 22.0 Å². The van der Waals surface area contributed by atoms with Crippen LogP contribution in [0, 0.1) is 0 Å². The van der Waals surface area contributed by atoms with Gasteiger partial charge in [-0.15, -0.1) is 0 Å². The van der Waals surface area contributed by atoms with Crippen molar-refractivity contribution in [2.45, 2.75) is 6.18 Å². The molecule has 0 fully saturated rings. The fourth-order valence-electron chi connectivity index (χ4n) is 2.19. The highest BCUT2D eigenvalue weighted by Gasteiger charge is 2.31. The van der Waals surface area contributed by atoms with Crippen LogP contribution >= 0.6 is 11.6 Å². The Hall–Kier alpha value is -2.30. The molecule has 0 unspecified atom stereocenters. The van der Waals surface area contributed by atoms with E-state index in [0.29, 0.717) is 5.69 Å². The number of hydrogen-bond acceptors (Lipinski definition) is 3. The molecule has 0 aromatic heterocycles. The predicted octanol–water partition coefficient (Wildman–Crippen LogP) is 3.85. The van der Waals surface area contributed by atoms with E-state index in [1.54, 1.807) is 0 Å². The van der Waals surface area contributed by atoms with Crippen LogP contribution in [0.15, 0.2) is 42.5 Å². The van der Waals surface area contributed by atoms with E-state index in [1.807, 2.05) is 0 Å². The quantitative estimate of drug-likeness (QED) is 0.775. The lowest BCUT2D eigenvalue weighted by atomic mass is 10.1. The maximum absolute atomic E-state index is 12.8. The largest absolute Gasteiger partial charge is 0.416 e. The van der Waals surface area contributed by atoms with Crippen molar-refractivity contribution in [1.29, 1.82) is 0 Å². The number of nitrogens with zero attached hydrogens (tertiary/aromatic N) is 2. The summed E-state index contributed by atoms with van der Waals surface area (Å²) in [5, 5.41) is 2.28. The molecule has 0 bridgehead atoms. The summed E-state index contributed by atoms with van der Waals surface area (Å²) in [4.78, 5) is 12.3. The molecule has 1 N–H and O–H groups in total. The molecule has 0 radical (unpaired) electrons. The second-order valence-electron chi connectivity index (χ2n) is 5.95. The molecule has 2 rings (SSSR count). The first-order valence-electron chi connectivity index (χ1n) is 7.78. The zero-order valence-electron chi connectivity index (χ0n) is 15.1. The molecule has 0 saturated heterocycles. The molecule has 6 nitrogen and oxygen atoms in total. The van der Waals surface area contributed by atoms with Crippen molar-refractivity contribution in [3.8, 4) is 0 Å². The zero-order chi connectivity index (χ0) is 21.3. The highest BCUT2D eigenvalue weighted by atomic mass is 35.5. The molecule has 2 aromatic rings. The maximum Gasteiger partial charge on any atom is 0.416 e. The number of nitrogens with one attached hydrogen (secondary N) is 1. The summed E-state index contributed by atoms with van der Waals surface area (Å²) in [7, 11) is 0.423. The molecule has 28 heavy (non-hydrogen) atoms. The summed E-state index contributed by atoms with van der Waals surface area (Å²) >= 11 is 5.86. The van der Waals surface area contributed by atoms with Gasteiger partial charge in [-0.05, 0) is 42.5 Å². The summed E-state index contributed by atoms with van der Waals surface area (Å²) in [6.45, 7) is 0. The topological polar surface area (TPSA) is 69.7 Å². The maximum atomic E-state index is 12.8. The normalized spacial score (nSPS) is 12.1. The highest BCUT2D eigenvalue weighted by molar-refractivity contribution is 7.90. The Labute approximate surface area is 165 Å². The van der Waals surface area contributed by atoms with Crippen molar-refractivity contribution in [3.05, 3.63) is 58.6 Å². The zero-order valence-corrected chi connectivity index (χ0v) is 16.7. The fourth-order valence-corrected chi connectivity index (χ4v) is 3.24. The number of anilines is 2. The van der Waals surface area contributed by atoms with Crippen molar-refractivity contribution in [1.82, 2.24) is 4.31 Å². The van der Waals surface area contributed by atoms with Gasteiger partial charge in [0.1, 0.15) is 0 Å². The molecule has 0 heterocycles. The van der Waals surface area contributed by atoms with Crippen LogP contribution in [-0.2, 0) is 16.4 Å². The summed E-state index contributed by atoms with van der Waals surface area (Å²) < 4.78 is 64.7. The van der Waals surface area contributed by atoms with Crippen LogP contribution in [0.5, 0.6) is 0 Å². The van der Waals surface area contributed by atoms with Crippen LogP contribution in [0.2, 0.25) is 5.02 Å².